The van der Waals surface area contributed by atoms with Crippen LogP contribution in [0.2, 0.25) is 0 Å². The normalized spacial score (nSPS) is 20.2. The van der Waals surface area contributed by atoms with E-state index in [4.69, 9.17) is 4.74 Å². The lowest BCUT2D eigenvalue weighted by atomic mass is 10.1. The van der Waals surface area contributed by atoms with Crippen LogP contribution in [0.4, 0.5) is 5.69 Å². The van der Waals surface area contributed by atoms with Crippen LogP contribution in [0.25, 0.3) is 0 Å². The lowest BCUT2D eigenvalue weighted by Crippen LogP contribution is -2.41. The van der Waals surface area contributed by atoms with Crippen LogP contribution in [-0.2, 0) is 21.2 Å². The highest BCUT2D eigenvalue weighted by molar-refractivity contribution is 9.10. The zero-order valence-corrected chi connectivity index (χ0v) is 17.9. The quantitative estimate of drug-likeness (QED) is 0.699. The molecule has 0 spiro atoms. The number of rotatable bonds is 3. The molecule has 148 valence electrons. The number of hydrogen-bond donors (Lipinski definition) is 0. The van der Waals surface area contributed by atoms with Gasteiger partial charge >= 0.3 is 0 Å². The van der Waals surface area contributed by atoms with Gasteiger partial charge in [0, 0.05) is 34.9 Å². The smallest absolute Gasteiger partial charge is 0.258 e. The Kier molecular flexibility index (Phi) is 5.30. The van der Waals surface area contributed by atoms with Crippen LogP contribution in [0.3, 0.4) is 0 Å². The highest BCUT2D eigenvalue weighted by Gasteiger charge is 2.33. The van der Waals surface area contributed by atoms with E-state index in [9.17, 15) is 13.2 Å². The van der Waals surface area contributed by atoms with Gasteiger partial charge in [-0.2, -0.15) is 4.31 Å². The monoisotopic (exact) mass is 464 g/mol. The number of anilines is 1. The molecule has 4 rings (SSSR count). The molecule has 0 saturated carbocycles. The number of morpholine rings is 1. The fourth-order valence-electron chi connectivity index (χ4n) is 3.77. The molecule has 0 radical (unpaired) electrons. The highest BCUT2D eigenvalue weighted by atomic mass is 79.9. The lowest BCUT2D eigenvalue weighted by Gasteiger charge is -2.27. The van der Waals surface area contributed by atoms with Gasteiger partial charge in [0.15, 0.2) is 0 Å². The minimum atomic E-state index is -3.71. The van der Waals surface area contributed by atoms with Gasteiger partial charge in [-0.3, -0.25) is 4.79 Å². The number of sulfonamides is 1. The van der Waals surface area contributed by atoms with Crippen molar-refractivity contribution in [3.63, 3.8) is 0 Å². The number of carbonyl (C=O) groups excluding carboxylic acids is 1. The summed E-state index contributed by atoms with van der Waals surface area (Å²) in [6.07, 6.45) is 0.789. The molecule has 2 aliphatic heterocycles. The van der Waals surface area contributed by atoms with Gasteiger partial charge in [0.1, 0.15) is 0 Å². The predicted molar refractivity (Wildman–Crippen MR) is 110 cm³/mol. The second-order valence-corrected chi connectivity index (χ2v) is 9.78. The van der Waals surface area contributed by atoms with E-state index in [1.165, 1.54) is 10.4 Å². The molecule has 1 atom stereocenters. The first-order valence-corrected chi connectivity index (χ1v) is 11.4. The molecular formula is C20H21BrN2O4S. The second kappa shape index (κ2) is 7.59. The first-order chi connectivity index (χ1) is 13.4. The molecule has 2 aromatic carbocycles. The molecule has 2 aromatic rings. The Morgan fingerprint density at radius 1 is 1.14 bits per heavy atom. The van der Waals surface area contributed by atoms with E-state index < -0.39 is 10.0 Å². The lowest BCUT2D eigenvalue weighted by molar-refractivity contribution is 0.0730. The Bertz CT molecular complexity index is 1020. The highest BCUT2D eigenvalue weighted by Crippen LogP contribution is 2.34. The fraction of sp³-hybridized carbons (Fsp3) is 0.350. The summed E-state index contributed by atoms with van der Waals surface area (Å²) in [6.45, 7) is 3.37. The molecule has 0 aromatic heterocycles. The molecule has 0 N–H and O–H groups in total. The van der Waals surface area contributed by atoms with Gasteiger partial charge in [-0.05, 0) is 59.1 Å². The summed E-state index contributed by atoms with van der Waals surface area (Å²) in [6, 6.07) is 12.6. The Balaban J connectivity index is 1.70. The third-order valence-corrected chi connectivity index (χ3v) is 8.08. The number of benzene rings is 2. The maximum absolute atomic E-state index is 13.3. The zero-order chi connectivity index (χ0) is 19.9. The van der Waals surface area contributed by atoms with Crippen LogP contribution in [0, 0.1) is 0 Å². The summed E-state index contributed by atoms with van der Waals surface area (Å²) in [5, 5.41) is 0. The third-order valence-electron chi connectivity index (χ3n) is 5.19. The van der Waals surface area contributed by atoms with Crippen molar-refractivity contribution in [2.45, 2.75) is 24.3 Å². The van der Waals surface area contributed by atoms with Gasteiger partial charge in [0.05, 0.1) is 18.1 Å². The summed E-state index contributed by atoms with van der Waals surface area (Å²) >= 11 is 3.34. The van der Waals surface area contributed by atoms with Crippen LogP contribution in [0.5, 0.6) is 0 Å². The summed E-state index contributed by atoms with van der Waals surface area (Å²) < 4.78 is 33.3. The Labute approximate surface area is 173 Å². The van der Waals surface area contributed by atoms with Gasteiger partial charge in [-0.25, -0.2) is 8.42 Å². The number of amides is 1. The molecule has 0 bridgehead atoms. The maximum Gasteiger partial charge on any atom is 0.258 e. The molecule has 1 amide bonds. The van der Waals surface area contributed by atoms with Crippen molar-refractivity contribution in [1.82, 2.24) is 4.31 Å². The SMILES string of the molecule is CC1Cc2ccccc2N1C(=O)c1ccc(Br)c(S(=O)(=O)N2CCOCC2)c1. The van der Waals surface area contributed by atoms with E-state index in [1.54, 1.807) is 17.0 Å². The Morgan fingerprint density at radius 2 is 1.86 bits per heavy atom. The molecule has 6 nitrogen and oxygen atoms in total. The van der Waals surface area contributed by atoms with E-state index in [0.29, 0.717) is 36.3 Å². The van der Waals surface area contributed by atoms with Gasteiger partial charge in [0.25, 0.3) is 5.91 Å². The first-order valence-electron chi connectivity index (χ1n) is 9.18. The predicted octanol–water partition coefficient (Wildman–Crippen LogP) is 3.06. The molecule has 1 unspecified atom stereocenters. The van der Waals surface area contributed by atoms with Crippen molar-refractivity contribution in [2.75, 3.05) is 31.2 Å². The third kappa shape index (κ3) is 3.39. The van der Waals surface area contributed by atoms with E-state index >= 15 is 0 Å². The first kappa shape index (κ1) is 19.6. The average molecular weight is 465 g/mol. The molecule has 1 fully saturated rings. The summed E-state index contributed by atoms with van der Waals surface area (Å²) in [4.78, 5) is 15.1. The largest absolute Gasteiger partial charge is 0.379 e. The van der Waals surface area contributed by atoms with Crippen molar-refractivity contribution in [1.29, 1.82) is 0 Å². The number of ether oxygens (including phenoxy) is 1. The number of fused-ring (bicyclic) bond motifs is 1. The van der Waals surface area contributed by atoms with Gasteiger partial charge < -0.3 is 9.64 Å². The van der Waals surface area contributed by atoms with Crippen LogP contribution in [-0.4, -0.2) is 51.0 Å². The van der Waals surface area contributed by atoms with E-state index in [2.05, 4.69) is 15.9 Å². The summed E-state index contributed by atoms with van der Waals surface area (Å²) in [5.74, 6) is -0.191. The topological polar surface area (TPSA) is 66.9 Å². The molecule has 2 aliphatic rings. The van der Waals surface area contributed by atoms with Crippen LogP contribution in [0.15, 0.2) is 51.8 Å². The standard InChI is InChI=1S/C20H21BrN2O4S/c1-14-12-15-4-2-3-5-18(15)23(14)20(24)16-6-7-17(21)19(13-16)28(25,26)22-8-10-27-11-9-22/h2-7,13-14H,8-12H2,1H3. The van der Waals surface area contributed by atoms with Crippen molar-refractivity contribution >= 4 is 37.5 Å². The second-order valence-electron chi connectivity index (χ2n) is 7.02. The molecular weight excluding hydrogens is 444 g/mol. The molecule has 1 saturated heterocycles. The molecule has 2 heterocycles. The Hall–Kier alpha value is -1.74. The number of hydrogen-bond acceptors (Lipinski definition) is 4. The van der Waals surface area contributed by atoms with Crippen molar-refractivity contribution in [2.24, 2.45) is 0 Å². The minimum Gasteiger partial charge on any atom is -0.379 e. The molecule has 0 aliphatic carbocycles. The Morgan fingerprint density at radius 3 is 2.61 bits per heavy atom. The number of nitrogens with zero attached hydrogens (tertiary/aromatic N) is 2. The molecule has 8 heteroatoms. The van der Waals surface area contributed by atoms with Crippen LogP contribution >= 0.6 is 15.9 Å². The van der Waals surface area contributed by atoms with E-state index in [0.717, 1.165) is 17.7 Å². The van der Waals surface area contributed by atoms with Crippen LogP contribution in [0.1, 0.15) is 22.8 Å². The van der Waals surface area contributed by atoms with E-state index in [-0.39, 0.29) is 16.8 Å². The van der Waals surface area contributed by atoms with Crippen molar-refractivity contribution in [3.8, 4) is 0 Å². The average Bonchev–Trinajstić information content (AvgIpc) is 3.04. The number of halogens is 1. The van der Waals surface area contributed by atoms with Gasteiger partial charge in [0.2, 0.25) is 10.0 Å². The summed E-state index contributed by atoms with van der Waals surface area (Å²) in [7, 11) is -3.71. The molecule has 28 heavy (non-hydrogen) atoms. The van der Waals surface area contributed by atoms with Crippen molar-refractivity contribution in [3.05, 3.63) is 58.1 Å². The van der Waals surface area contributed by atoms with Gasteiger partial charge in [-0.1, -0.05) is 18.2 Å². The fourth-order valence-corrected chi connectivity index (χ4v) is 6.13. The van der Waals surface area contributed by atoms with Crippen molar-refractivity contribution < 1.29 is 17.9 Å². The summed E-state index contributed by atoms with van der Waals surface area (Å²) in [5.41, 5.74) is 2.38. The van der Waals surface area contributed by atoms with Gasteiger partial charge in [-0.15, -0.1) is 0 Å². The van der Waals surface area contributed by atoms with E-state index in [1.807, 2.05) is 31.2 Å². The number of carbonyl (C=O) groups is 1. The van der Waals surface area contributed by atoms with Crippen LogP contribution < -0.4 is 4.90 Å². The maximum atomic E-state index is 13.3. The minimum absolute atomic E-state index is 0.0212. The number of para-hydroxylation sites is 1. The zero-order valence-electron chi connectivity index (χ0n) is 15.5.